The molecule has 0 spiro atoms. The van der Waals surface area contributed by atoms with Crippen molar-refractivity contribution in [2.24, 2.45) is 5.73 Å². The molecule has 2 aliphatic heterocycles. The molecule has 0 saturated carbocycles. The molecule has 0 aromatic carbocycles. The van der Waals surface area contributed by atoms with Crippen molar-refractivity contribution in [3.8, 4) is 0 Å². The Morgan fingerprint density at radius 2 is 2.22 bits per heavy atom. The number of carbonyl (C=O) groups excluding carboxylic acids is 3. The van der Waals surface area contributed by atoms with E-state index in [2.05, 4.69) is 0 Å². The monoisotopic (exact) mass is 296 g/mol. The second kappa shape index (κ2) is 6.33. The number of carboxylic acid groups (broad SMARTS) is 1. The van der Waals surface area contributed by atoms with E-state index in [0.29, 0.717) is 16.4 Å². The van der Waals surface area contributed by atoms with Gasteiger partial charge in [0.15, 0.2) is 0 Å². The van der Waals surface area contributed by atoms with E-state index in [1.54, 1.807) is 0 Å². The number of carboxylic acids is 1. The van der Waals surface area contributed by atoms with Crippen molar-refractivity contribution in [2.45, 2.75) is 18.2 Å². The number of thioether (sulfide) groups is 2. The Kier molecular flexibility index (Phi) is 5.60. The number of β-lactam (4-membered cyclic amide) rings is 1. The molecule has 0 bridgehead atoms. The number of primary amides is 1. The zero-order valence-corrected chi connectivity index (χ0v) is 13.3. The van der Waals surface area contributed by atoms with Crippen LogP contribution in [0.4, 0.5) is 0 Å². The molecule has 9 heteroatoms. The predicted octanol–water partition coefficient (Wildman–Crippen LogP) is -4.18. The van der Waals surface area contributed by atoms with Gasteiger partial charge in [-0.3, -0.25) is 14.5 Å². The van der Waals surface area contributed by atoms with Crippen molar-refractivity contribution < 1.29 is 49.0 Å². The van der Waals surface area contributed by atoms with Crippen LogP contribution in [0.25, 0.3) is 0 Å². The fourth-order valence-corrected chi connectivity index (χ4v) is 4.31. The summed E-state index contributed by atoms with van der Waals surface area (Å²) in [5.41, 5.74) is 4.93. The number of aliphatic carboxylic acids is 1. The molecule has 2 N–H and O–H groups in total. The van der Waals surface area contributed by atoms with Gasteiger partial charge in [0.25, 0.3) is 0 Å². The minimum absolute atomic E-state index is 0. The fraction of sp³-hybridized carbons (Fsp3) is 0.444. The first-order valence-corrected chi connectivity index (χ1v) is 6.72. The van der Waals surface area contributed by atoms with Crippen LogP contribution in [-0.2, 0) is 14.4 Å². The third-order valence-corrected chi connectivity index (χ3v) is 4.92. The van der Waals surface area contributed by atoms with E-state index in [1.807, 2.05) is 0 Å². The Balaban J connectivity index is 0.00000162. The van der Waals surface area contributed by atoms with E-state index < -0.39 is 11.9 Å². The Morgan fingerprint density at radius 1 is 1.56 bits per heavy atom. The second-order valence-electron chi connectivity index (χ2n) is 3.53. The van der Waals surface area contributed by atoms with Crippen LogP contribution in [-0.4, -0.2) is 33.8 Å². The van der Waals surface area contributed by atoms with Crippen LogP contribution in [0.15, 0.2) is 9.93 Å². The van der Waals surface area contributed by atoms with Gasteiger partial charge in [-0.05, 0) is 0 Å². The minimum Gasteiger partial charge on any atom is -0.543 e. The molecule has 1 saturated heterocycles. The number of amides is 2. The fourth-order valence-electron chi connectivity index (χ4n) is 1.56. The maximum atomic E-state index is 11.3. The second-order valence-corrected chi connectivity index (χ2v) is 6.08. The van der Waals surface area contributed by atoms with Crippen LogP contribution >= 0.6 is 23.5 Å². The Labute approximate surface area is 134 Å². The number of carbonyl (C=O) groups is 3. The van der Waals surface area contributed by atoms with Crippen LogP contribution < -0.4 is 40.4 Å². The van der Waals surface area contributed by atoms with Crippen LogP contribution in [0.5, 0.6) is 0 Å². The van der Waals surface area contributed by atoms with E-state index in [0.717, 1.165) is 0 Å². The predicted molar refractivity (Wildman–Crippen MR) is 61.1 cm³/mol. The largest absolute Gasteiger partial charge is 1.00 e. The van der Waals surface area contributed by atoms with Gasteiger partial charge in [-0.2, -0.15) is 0 Å². The molecule has 2 amide bonds. The molecule has 18 heavy (non-hydrogen) atoms. The first-order chi connectivity index (χ1) is 8.00. The molecule has 0 radical (unpaired) electrons. The molecule has 2 aliphatic rings. The van der Waals surface area contributed by atoms with Crippen LogP contribution in [0.1, 0.15) is 12.8 Å². The molecular formula is C9H9N2NaO4S2. The number of nitrogens with two attached hydrogens (primary N) is 1. The first kappa shape index (κ1) is 15.9. The average molecular weight is 296 g/mol. The summed E-state index contributed by atoms with van der Waals surface area (Å²) in [6, 6.07) is 0. The van der Waals surface area contributed by atoms with E-state index in [1.165, 1.54) is 28.4 Å². The van der Waals surface area contributed by atoms with Gasteiger partial charge in [-0.15, -0.1) is 11.8 Å². The molecule has 1 fully saturated rings. The van der Waals surface area contributed by atoms with E-state index in [4.69, 9.17) is 5.73 Å². The van der Waals surface area contributed by atoms with Crippen molar-refractivity contribution in [3.63, 3.8) is 0 Å². The zero-order chi connectivity index (χ0) is 12.6. The standard InChI is InChI=1S/C9H10N2O4S2.Na/c10-4(12)1-2-16-9-7(8(14)15)11-5(13)3-6(11)17-9;/h6H,1-3H2,(H2,10,12)(H,14,15);/q;+1/p-1/t6-;/m1./s1. The molecule has 0 aliphatic carbocycles. The third kappa shape index (κ3) is 3.05. The summed E-state index contributed by atoms with van der Waals surface area (Å²) < 4.78 is 0.530. The van der Waals surface area contributed by atoms with Crippen LogP contribution in [0.3, 0.4) is 0 Å². The summed E-state index contributed by atoms with van der Waals surface area (Å²) in [6.45, 7) is 0. The molecule has 2 rings (SSSR count). The van der Waals surface area contributed by atoms with E-state index >= 15 is 0 Å². The summed E-state index contributed by atoms with van der Waals surface area (Å²) in [4.78, 5) is 34.0. The third-order valence-electron chi connectivity index (χ3n) is 2.36. The van der Waals surface area contributed by atoms with Gasteiger partial charge in [-0.25, -0.2) is 0 Å². The molecule has 0 unspecified atom stereocenters. The Morgan fingerprint density at radius 3 is 2.72 bits per heavy atom. The van der Waals surface area contributed by atoms with Crippen molar-refractivity contribution in [1.29, 1.82) is 0 Å². The van der Waals surface area contributed by atoms with Crippen LogP contribution in [0, 0.1) is 0 Å². The van der Waals surface area contributed by atoms with Crippen LogP contribution in [0.2, 0.25) is 0 Å². The Bertz CT molecular complexity index is 440. The summed E-state index contributed by atoms with van der Waals surface area (Å²) in [7, 11) is 0. The van der Waals surface area contributed by atoms with Crippen molar-refractivity contribution in [2.75, 3.05) is 5.75 Å². The normalized spacial score (nSPS) is 21.2. The number of nitrogens with zero attached hydrogens (tertiary/aromatic N) is 1. The molecular weight excluding hydrogens is 287 g/mol. The summed E-state index contributed by atoms with van der Waals surface area (Å²) in [6.07, 6.45) is 0.523. The van der Waals surface area contributed by atoms with Gasteiger partial charge in [0.1, 0.15) is 0 Å². The van der Waals surface area contributed by atoms with Gasteiger partial charge >= 0.3 is 29.6 Å². The number of hydrogen-bond donors (Lipinski definition) is 1. The van der Waals surface area contributed by atoms with Crippen molar-refractivity contribution in [1.82, 2.24) is 4.90 Å². The quantitative estimate of drug-likeness (QED) is 0.408. The topological polar surface area (TPSA) is 104 Å². The number of rotatable bonds is 5. The SMILES string of the molecule is NC(=O)CCSC1=C(C(=O)[O-])N2C(=O)C[C@H]2S1.[Na+]. The average Bonchev–Trinajstić information content (AvgIpc) is 2.50. The van der Waals surface area contributed by atoms with Gasteiger partial charge in [0, 0.05) is 12.2 Å². The maximum absolute atomic E-state index is 11.3. The van der Waals surface area contributed by atoms with E-state index in [-0.39, 0.29) is 53.0 Å². The van der Waals surface area contributed by atoms with Crippen molar-refractivity contribution in [3.05, 3.63) is 9.93 Å². The first-order valence-electron chi connectivity index (χ1n) is 4.86. The zero-order valence-electron chi connectivity index (χ0n) is 9.67. The molecule has 6 nitrogen and oxygen atoms in total. The smallest absolute Gasteiger partial charge is 0.543 e. The molecule has 0 aromatic heterocycles. The van der Waals surface area contributed by atoms with Crippen molar-refractivity contribution >= 4 is 41.3 Å². The number of fused-ring (bicyclic) bond motifs is 1. The molecule has 0 aromatic rings. The van der Waals surface area contributed by atoms with E-state index in [9.17, 15) is 19.5 Å². The van der Waals surface area contributed by atoms with Gasteiger partial charge < -0.3 is 15.6 Å². The Hall–Kier alpha value is -0.150. The molecule has 1 atom stereocenters. The minimum atomic E-state index is -1.35. The van der Waals surface area contributed by atoms with Gasteiger partial charge in [0.05, 0.1) is 27.7 Å². The van der Waals surface area contributed by atoms with Gasteiger partial charge in [-0.1, -0.05) is 11.8 Å². The van der Waals surface area contributed by atoms with Gasteiger partial charge in [0.2, 0.25) is 11.8 Å². The maximum Gasteiger partial charge on any atom is 1.00 e. The molecule has 92 valence electrons. The molecule has 2 heterocycles. The number of hydrogen-bond acceptors (Lipinski definition) is 6. The summed E-state index contributed by atoms with van der Waals surface area (Å²) in [5, 5.41) is 10.8. The summed E-state index contributed by atoms with van der Waals surface area (Å²) >= 11 is 2.55. The summed E-state index contributed by atoms with van der Waals surface area (Å²) in [5.74, 6) is -1.58.